The normalized spacial score (nSPS) is 18.7. The Balaban J connectivity index is 1.52. The van der Waals surface area contributed by atoms with Crippen molar-refractivity contribution in [1.29, 1.82) is 0 Å². The smallest absolute Gasteiger partial charge is 0.212 e. The maximum Gasteiger partial charge on any atom is 0.212 e. The van der Waals surface area contributed by atoms with Crippen molar-refractivity contribution in [2.75, 3.05) is 23.7 Å². The predicted octanol–water partition coefficient (Wildman–Crippen LogP) is 1.88. The van der Waals surface area contributed by atoms with Crippen molar-refractivity contribution in [3.8, 4) is 0 Å². The molecule has 7 heteroatoms. The van der Waals surface area contributed by atoms with Crippen molar-refractivity contribution in [3.05, 3.63) is 47.5 Å². The van der Waals surface area contributed by atoms with Crippen molar-refractivity contribution < 1.29 is 8.42 Å². The number of hydrogen-bond acceptors (Lipinski definition) is 5. The number of hydrogen-bond donors (Lipinski definition) is 1. The average Bonchev–Trinajstić information content (AvgIpc) is 3.17. The Labute approximate surface area is 135 Å². The van der Waals surface area contributed by atoms with E-state index < -0.39 is 10.0 Å². The molecule has 1 saturated heterocycles. The Morgan fingerprint density at radius 2 is 2.14 bits per heavy atom. The van der Waals surface area contributed by atoms with Crippen LogP contribution in [0.2, 0.25) is 0 Å². The van der Waals surface area contributed by atoms with E-state index in [2.05, 4.69) is 14.6 Å². The van der Waals surface area contributed by atoms with Crippen LogP contribution in [0, 0.1) is 0 Å². The van der Waals surface area contributed by atoms with E-state index in [0.717, 1.165) is 23.7 Å². The lowest BCUT2D eigenvalue weighted by molar-refractivity contribution is 0.560. The van der Waals surface area contributed by atoms with Crippen LogP contribution >= 0.6 is 11.3 Å². The molecule has 1 aliphatic heterocycles. The fourth-order valence-electron chi connectivity index (χ4n) is 2.61. The van der Waals surface area contributed by atoms with E-state index in [0.29, 0.717) is 13.0 Å². The highest BCUT2D eigenvalue weighted by atomic mass is 32.2. The summed E-state index contributed by atoms with van der Waals surface area (Å²) in [5, 5.41) is 2.90. The fraction of sp³-hybridized carbons (Fsp3) is 0.400. The van der Waals surface area contributed by atoms with E-state index in [1.165, 1.54) is 0 Å². The summed E-state index contributed by atoms with van der Waals surface area (Å²) in [5.74, 6) is 0.130. The number of aromatic nitrogens is 1. The van der Waals surface area contributed by atoms with Crippen LogP contribution in [0.5, 0.6) is 0 Å². The lowest BCUT2D eigenvalue weighted by Crippen LogP contribution is -2.38. The summed E-state index contributed by atoms with van der Waals surface area (Å²) in [4.78, 5) is 6.41. The average molecular weight is 337 g/mol. The minimum atomic E-state index is -3.25. The van der Waals surface area contributed by atoms with Crippen LogP contribution in [0.4, 0.5) is 5.13 Å². The summed E-state index contributed by atoms with van der Waals surface area (Å²) in [7, 11) is -3.25. The van der Waals surface area contributed by atoms with Crippen molar-refractivity contribution in [1.82, 2.24) is 9.71 Å². The Morgan fingerprint density at radius 3 is 2.86 bits per heavy atom. The minimum absolute atomic E-state index is 0.0235. The number of nitrogens with zero attached hydrogens (tertiary/aromatic N) is 2. The Morgan fingerprint density at radius 1 is 1.32 bits per heavy atom. The minimum Gasteiger partial charge on any atom is -0.346 e. The first-order valence-corrected chi connectivity index (χ1v) is 9.84. The standard InChI is InChI=1S/C15H19N3O2S2/c19-22(20,11-7-13-4-2-1-3-5-13)17-14-6-9-18(12-14)15-16-8-10-21-15/h1-5,8,10,14,17H,6-7,9,11-12H2/t14-/m0/s1. The first-order valence-electron chi connectivity index (χ1n) is 7.31. The first kappa shape index (κ1) is 15.5. The number of aryl methyl sites for hydroxylation is 1. The molecule has 1 fully saturated rings. The molecule has 0 radical (unpaired) electrons. The van der Waals surface area contributed by atoms with Gasteiger partial charge in [0.25, 0.3) is 0 Å². The SMILES string of the molecule is O=S(=O)(CCc1ccccc1)N[C@H]1CCN(c2nccs2)C1. The summed E-state index contributed by atoms with van der Waals surface area (Å²) in [6.07, 6.45) is 3.14. The molecule has 2 aromatic rings. The fourth-order valence-corrected chi connectivity index (χ4v) is 4.61. The van der Waals surface area contributed by atoms with E-state index in [-0.39, 0.29) is 11.8 Å². The molecule has 0 unspecified atom stereocenters. The van der Waals surface area contributed by atoms with Crippen LogP contribution in [0.15, 0.2) is 41.9 Å². The molecule has 1 atom stereocenters. The largest absolute Gasteiger partial charge is 0.346 e. The lowest BCUT2D eigenvalue weighted by atomic mass is 10.2. The zero-order valence-corrected chi connectivity index (χ0v) is 13.8. The summed E-state index contributed by atoms with van der Waals surface area (Å²) in [5.41, 5.74) is 1.05. The Kier molecular flexibility index (Phi) is 4.75. The molecular weight excluding hydrogens is 318 g/mol. The maximum atomic E-state index is 12.2. The molecule has 1 aromatic heterocycles. The Bertz CT molecular complexity index is 687. The van der Waals surface area contributed by atoms with Gasteiger partial charge < -0.3 is 4.90 Å². The van der Waals surface area contributed by atoms with Gasteiger partial charge in [-0.2, -0.15) is 0 Å². The first-order chi connectivity index (χ1) is 10.6. The quantitative estimate of drug-likeness (QED) is 0.874. The monoisotopic (exact) mass is 337 g/mol. The van der Waals surface area contributed by atoms with Crippen LogP contribution in [0.25, 0.3) is 0 Å². The predicted molar refractivity (Wildman–Crippen MR) is 89.8 cm³/mol. The number of benzene rings is 1. The highest BCUT2D eigenvalue weighted by Gasteiger charge is 2.27. The second kappa shape index (κ2) is 6.76. The third-order valence-electron chi connectivity index (χ3n) is 3.73. The van der Waals surface area contributed by atoms with Gasteiger partial charge in [0.1, 0.15) is 0 Å². The lowest BCUT2D eigenvalue weighted by Gasteiger charge is -2.16. The maximum absolute atomic E-state index is 12.2. The van der Waals surface area contributed by atoms with Gasteiger partial charge in [0.15, 0.2) is 5.13 Å². The molecule has 3 rings (SSSR count). The van der Waals surface area contributed by atoms with Crippen LogP contribution < -0.4 is 9.62 Å². The van der Waals surface area contributed by atoms with Crippen molar-refractivity contribution in [2.45, 2.75) is 18.9 Å². The third kappa shape index (κ3) is 4.06. The van der Waals surface area contributed by atoms with Crippen LogP contribution in [0.1, 0.15) is 12.0 Å². The van der Waals surface area contributed by atoms with E-state index in [4.69, 9.17) is 0 Å². The Hall–Kier alpha value is -1.44. The zero-order chi connectivity index (χ0) is 15.4. The van der Waals surface area contributed by atoms with Crippen molar-refractivity contribution in [2.24, 2.45) is 0 Å². The van der Waals surface area contributed by atoms with E-state index in [1.54, 1.807) is 17.5 Å². The molecular formula is C15H19N3O2S2. The van der Waals surface area contributed by atoms with Gasteiger partial charge in [0.05, 0.1) is 5.75 Å². The molecule has 0 aliphatic carbocycles. The molecule has 1 aromatic carbocycles. The number of nitrogens with one attached hydrogen (secondary N) is 1. The van der Waals surface area contributed by atoms with Gasteiger partial charge in [-0.3, -0.25) is 0 Å². The number of sulfonamides is 1. The van der Waals surface area contributed by atoms with Gasteiger partial charge in [0, 0.05) is 30.7 Å². The van der Waals surface area contributed by atoms with Gasteiger partial charge in [-0.25, -0.2) is 18.1 Å². The number of anilines is 1. The van der Waals surface area contributed by atoms with Crippen molar-refractivity contribution >= 4 is 26.5 Å². The molecule has 0 spiro atoms. The highest BCUT2D eigenvalue weighted by molar-refractivity contribution is 7.89. The second-order valence-electron chi connectivity index (χ2n) is 5.42. The van der Waals surface area contributed by atoms with Crippen LogP contribution in [0.3, 0.4) is 0 Å². The summed E-state index contributed by atoms with van der Waals surface area (Å²) in [6, 6.07) is 9.67. The molecule has 22 heavy (non-hydrogen) atoms. The summed E-state index contributed by atoms with van der Waals surface area (Å²) < 4.78 is 27.2. The molecule has 0 saturated carbocycles. The van der Waals surface area contributed by atoms with Crippen LogP contribution in [-0.2, 0) is 16.4 Å². The van der Waals surface area contributed by atoms with E-state index in [9.17, 15) is 8.42 Å². The second-order valence-corrected chi connectivity index (χ2v) is 8.17. The topological polar surface area (TPSA) is 62.3 Å². The van der Waals surface area contributed by atoms with Gasteiger partial charge in [-0.05, 0) is 18.4 Å². The van der Waals surface area contributed by atoms with E-state index in [1.807, 2.05) is 35.7 Å². The molecule has 0 amide bonds. The van der Waals surface area contributed by atoms with Gasteiger partial charge in [-0.1, -0.05) is 30.3 Å². The van der Waals surface area contributed by atoms with Gasteiger partial charge in [-0.15, -0.1) is 11.3 Å². The van der Waals surface area contributed by atoms with Gasteiger partial charge in [0.2, 0.25) is 10.0 Å². The molecule has 118 valence electrons. The summed E-state index contributed by atoms with van der Waals surface area (Å²) in [6.45, 7) is 1.54. The zero-order valence-electron chi connectivity index (χ0n) is 12.2. The van der Waals surface area contributed by atoms with Crippen LogP contribution in [-0.4, -0.2) is 38.3 Å². The molecule has 1 N–H and O–H groups in total. The van der Waals surface area contributed by atoms with E-state index >= 15 is 0 Å². The third-order valence-corrected chi connectivity index (χ3v) is 5.99. The molecule has 2 heterocycles. The molecule has 0 bridgehead atoms. The summed E-state index contributed by atoms with van der Waals surface area (Å²) >= 11 is 1.59. The number of thiazole rings is 1. The highest BCUT2D eigenvalue weighted by Crippen LogP contribution is 2.22. The number of rotatable bonds is 6. The van der Waals surface area contributed by atoms with Crippen molar-refractivity contribution in [3.63, 3.8) is 0 Å². The molecule has 5 nitrogen and oxygen atoms in total. The van der Waals surface area contributed by atoms with Gasteiger partial charge >= 0.3 is 0 Å². The molecule has 1 aliphatic rings.